The summed E-state index contributed by atoms with van der Waals surface area (Å²) >= 11 is 0. The second kappa shape index (κ2) is 8.83. The average Bonchev–Trinajstić information content (AvgIpc) is 3.29. The van der Waals surface area contributed by atoms with Gasteiger partial charge in [0.25, 0.3) is 0 Å². The molecule has 0 aliphatic heterocycles. The van der Waals surface area contributed by atoms with Gasteiger partial charge in [-0.25, -0.2) is 4.98 Å². The third-order valence-corrected chi connectivity index (χ3v) is 5.45. The topological polar surface area (TPSA) is 59.1 Å². The lowest BCUT2D eigenvalue weighted by molar-refractivity contribution is -0.137. The predicted molar refractivity (Wildman–Crippen MR) is 114 cm³/mol. The maximum absolute atomic E-state index is 13.5. The van der Waals surface area contributed by atoms with Gasteiger partial charge < -0.3 is 15.4 Å². The van der Waals surface area contributed by atoms with Crippen LogP contribution in [0.1, 0.15) is 42.7 Å². The molecule has 1 aliphatic carbocycles. The second-order valence-corrected chi connectivity index (χ2v) is 7.51. The number of hydrogen-bond acceptors (Lipinski definition) is 5. The molecule has 31 heavy (non-hydrogen) atoms. The van der Waals surface area contributed by atoms with Crippen molar-refractivity contribution in [3.63, 3.8) is 0 Å². The molecule has 1 saturated carbocycles. The largest absolute Gasteiger partial charge is 0.495 e. The number of methoxy groups -OCH3 is 1. The SMILES string of the molecule is COc1ccccc1Nc1nc(Nc2ccc(C3CCCC3)cc2)ncc1C(F)(F)F. The van der Waals surface area contributed by atoms with Crippen LogP contribution in [0.15, 0.2) is 54.7 Å². The number of rotatable bonds is 6. The number of aromatic nitrogens is 2. The molecule has 0 unspecified atom stereocenters. The number of ether oxygens (including phenoxy) is 1. The van der Waals surface area contributed by atoms with E-state index in [1.54, 1.807) is 24.3 Å². The molecule has 2 N–H and O–H groups in total. The number of alkyl halides is 3. The Balaban J connectivity index is 1.59. The molecule has 4 rings (SSSR count). The molecule has 1 fully saturated rings. The minimum atomic E-state index is -4.61. The van der Waals surface area contributed by atoms with Gasteiger partial charge in [0, 0.05) is 11.9 Å². The lowest BCUT2D eigenvalue weighted by Gasteiger charge is -2.16. The van der Waals surface area contributed by atoms with Crippen LogP contribution in [-0.2, 0) is 6.18 Å². The Labute approximate surface area is 178 Å². The first-order valence-corrected chi connectivity index (χ1v) is 10.2. The minimum absolute atomic E-state index is 0.0685. The fraction of sp³-hybridized carbons (Fsp3) is 0.304. The Morgan fingerprint density at radius 3 is 2.35 bits per heavy atom. The van der Waals surface area contributed by atoms with E-state index >= 15 is 0 Å². The zero-order valence-corrected chi connectivity index (χ0v) is 17.0. The van der Waals surface area contributed by atoms with Crippen LogP contribution in [0.5, 0.6) is 5.75 Å². The van der Waals surface area contributed by atoms with Gasteiger partial charge in [-0.3, -0.25) is 0 Å². The first-order chi connectivity index (χ1) is 14.9. The van der Waals surface area contributed by atoms with E-state index in [9.17, 15) is 13.2 Å². The highest BCUT2D eigenvalue weighted by Gasteiger charge is 2.35. The fourth-order valence-electron chi connectivity index (χ4n) is 3.85. The van der Waals surface area contributed by atoms with E-state index in [0.717, 1.165) is 6.20 Å². The average molecular weight is 428 g/mol. The van der Waals surface area contributed by atoms with Gasteiger partial charge in [0.05, 0.1) is 12.8 Å². The normalized spacial score (nSPS) is 14.5. The summed E-state index contributed by atoms with van der Waals surface area (Å²) in [5.74, 6) is 0.718. The molecule has 1 aromatic heterocycles. The van der Waals surface area contributed by atoms with Gasteiger partial charge in [0.2, 0.25) is 5.95 Å². The minimum Gasteiger partial charge on any atom is -0.495 e. The molecule has 1 aliphatic rings. The molecule has 0 saturated heterocycles. The third kappa shape index (κ3) is 4.90. The van der Waals surface area contributed by atoms with Crippen LogP contribution in [0.25, 0.3) is 0 Å². The summed E-state index contributed by atoms with van der Waals surface area (Å²) in [4.78, 5) is 7.97. The predicted octanol–water partition coefficient (Wildman–Crippen LogP) is 6.65. The summed E-state index contributed by atoms with van der Waals surface area (Å²) in [6.07, 6.45) is 1.09. The van der Waals surface area contributed by atoms with Crippen molar-refractivity contribution in [2.24, 2.45) is 0 Å². The highest BCUT2D eigenvalue weighted by molar-refractivity contribution is 5.67. The number of nitrogens with zero attached hydrogens (tertiary/aromatic N) is 2. The van der Waals surface area contributed by atoms with E-state index in [4.69, 9.17) is 4.74 Å². The Hall–Kier alpha value is -3.29. The van der Waals surface area contributed by atoms with Gasteiger partial charge >= 0.3 is 6.18 Å². The number of benzene rings is 2. The van der Waals surface area contributed by atoms with Gasteiger partial charge in [-0.15, -0.1) is 0 Å². The molecule has 162 valence electrons. The van der Waals surface area contributed by atoms with Crippen molar-refractivity contribution >= 4 is 23.1 Å². The summed E-state index contributed by atoms with van der Waals surface area (Å²) in [5, 5.41) is 5.73. The maximum Gasteiger partial charge on any atom is 0.421 e. The molecule has 1 heterocycles. The monoisotopic (exact) mass is 428 g/mol. The molecular weight excluding hydrogens is 405 g/mol. The number of anilines is 4. The van der Waals surface area contributed by atoms with Gasteiger partial charge in [-0.05, 0) is 48.6 Å². The fourth-order valence-corrected chi connectivity index (χ4v) is 3.85. The van der Waals surface area contributed by atoms with Crippen molar-refractivity contribution in [1.29, 1.82) is 0 Å². The molecule has 5 nitrogen and oxygen atoms in total. The summed E-state index contributed by atoms with van der Waals surface area (Å²) in [6, 6.07) is 14.6. The van der Waals surface area contributed by atoms with Gasteiger partial charge in [-0.1, -0.05) is 37.1 Å². The van der Waals surface area contributed by atoms with Crippen LogP contribution in [-0.4, -0.2) is 17.1 Å². The van der Waals surface area contributed by atoms with Crippen molar-refractivity contribution < 1.29 is 17.9 Å². The molecule has 0 spiro atoms. The Bertz CT molecular complexity index is 1030. The summed E-state index contributed by atoms with van der Waals surface area (Å²) in [5.41, 5.74) is 1.42. The molecular formula is C23H23F3N4O. The van der Waals surface area contributed by atoms with E-state index in [0.29, 0.717) is 23.0 Å². The smallest absolute Gasteiger partial charge is 0.421 e. The highest BCUT2D eigenvalue weighted by Crippen LogP contribution is 2.37. The Morgan fingerprint density at radius 1 is 0.968 bits per heavy atom. The third-order valence-electron chi connectivity index (χ3n) is 5.45. The zero-order valence-electron chi connectivity index (χ0n) is 17.0. The van der Waals surface area contributed by atoms with Gasteiger partial charge in [-0.2, -0.15) is 18.2 Å². The Morgan fingerprint density at radius 2 is 1.68 bits per heavy atom. The summed E-state index contributed by atoms with van der Waals surface area (Å²) < 4.78 is 45.8. The molecule has 8 heteroatoms. The standard InChI is InChI=1S/C23H23F3N4O/c1-31-20-9-5-4-8-19(20)29-21-18(23(24,25)26)14-27-22(30-21)28-17-12-10-16(11-13-17)15-6-2-3-7-15/h4-5,8-15H,2-3,6-7H2,1H3,(H2,27,28,29,30). The van der Waals surface area contributed by atoms with Gasteiger partial charge in [0.15, 0.2) is 0 Å². The van der Waals surface area contributed by atoms with Crippen LogP contribution >= 0.6 is 0 Å². The van der Waals surface area contributed by atoms with E-state index < -0.39 is 11.7 Å². The van der Waals surface area contributed by atoms with Crippen LogP contribution in [0.4, 0.5) is 36.3 Å². The number of halogens is 3. The van der Waals surface area contributed by atoms with E-state index in [2.05, 4.69) is 32.7 Å². The first kappa shape index (κ1) is 21.0. The first-order valence-electron chi connectivity index (χ1n) is 10.2. The van der Waals surface area contributed by atoms with Crippen LogP contribution in [0.3, 0.4) is 0 Å². The van der Waals surface area contributed by atoms with E-state index in [-0.39, 0.29) is 11.8 Å². The highest BCUT2D eigenvalue weighted by atomic mass is 19.4. The summed E-state index contributed by atoms with van der Waals surface area (Å²) in [6.45, 7) is 0. The van der Waals surface area contributed by atoms with Crippen molar-refractivity contribution in [2.45, 2.75) is 37.8 Å². The summed E-state index contributed by atoms with van der Waals surface area (Å²) in [7, 11) is 1.45. The number of hydrogen-bond donors (Lipinski definition) is 2. The number of nitrogens with one attached hydrogen (secondary N) is 2. The van der Waals surface area contributed by atoms with Crippen molar-refractivity contribution in [1.82, 2.24) is 9.97 Å². The van der Waals surface area contributed by atoms with E-state index in [1.807, 2.05) is 12.1 Å². The molecule has 0 radical (unpaired) electrons. The lowest BCUT2D eigenvalue weighted by Crippen LogP contribution is -2.13. The quantitative estimate of drug-likeness (QED) is 0.460. The molecule has 3 aromatic rings. The van der Waals surface area contributed by atoms with Crippen molar-refractivity contribution in [3.8, 4) is 5.75 Å². The van der Waals surface area contributed by atoms with Crippen LogP contribution in [0.2, 0.25) is 0 Å². The van der Waals surface area contributed by atoms with Crippen LogP contribution in [0, 0.1) is 0 Å². The van der Waals surface area contributed by atoms with Gasteiger partial charge in [0.1, 0.15) is 17.1 Å². The van der Waals surface area contributed by atoms with Crippen molar-refractivity contribution in [2.75, 3.05) is 17.7 Å². The van der Waals surface area contributed by atoms with E-state index in [1.165, 1.54) is 38.4 Å². The lowest BCUT2D eigenvalue weighted by atomic mass is 9.98. The zero-order chi connectivity index (χ0) is 21.8. The number of para-hydroxylation sites is 2. The molecule has 0 bridgehead atoms. The maximum atomic E-state index is 13.5. The second-order valence-electron chi connectivity index (χ2n) is 7.51. The van der Waals surface area contributed by atoms with Crippen molar-refractivity contribution in [3.05, 3.63) is 65.9 Å². The molecule has 0 amide bonds. The molecule has 2 aromatic carbocycles. The Kier molecular flexibility index (Phi) is 5.97. The van der Waals surface area contributed by atoms with Crippen LogP contribution < -0.4 is 15.4 Å². The molecule has 0 atom stereocenters.